The number of likely N-dealkylation sites (N-methyl/N-ethyl adjacent to an activating group) is 1. The molecule has 0 aliphatic carbocycles. The standard InChI is InChI=1S/C21H31N3O/c1-4-16(5-2)13-23(6-3)15-21(25)24-12-11-20-18(14-24)17-9-7-8-10-19(17)22-20/h7-10,16,22H,4-6,11-15H2,1-3H3. The molecule has 1 aromatic heterocycles. The van der Waals surface area contributed by atoms with E-state index in [0.29, 0.717) is 12.5 Å². The minimum absolute atomic E-state index is 0.267. The van der Waals surface area contributed by atoms with E-state index in [1.54, 1.807) is 0 Å². The second-order valence-electron chi connectivity index (χ2n) is 7.20. The van der Waals surface area contributed by atoms with Crippen molar-refractivity contribution >= 4 is 16.8 Å². The highest BCUT2D eigenvalue weighted by molar-refractivity contribution is 5.86. The highest BCUT2D eigenvalue weighted by Crippen LogP contribution is 2.27. The lowest BCUT2D eigenvalue weighted by Crippen LogP contribution is -2.43. The number of rotatable bonds is 7. The highest BCUT2D eigenvalue weighted by atomic mass is 16.2. The van der Waals surface area contributed by atoms with Gasteiger partial charge >= 0.3 is 0 Å². The van der Waals surface area contributed by atoms with Gasteiger partial charge in [-0.1, -0.05) is 51.8 Å². The van der Waals surface area contributed by atoms with Crippen molar-refractivity contribution in [3.63, 3.8) is 0 Å². The summed E-state index contributed by atoms with van der Waals surface area (Å²) in [6.07, 6.45) is 3.29. The number of carbonyl (C=O) groups is 1. The van der Waals surface area contributed by atoms with E-state index in [1.165, 1.54) is 35.0 Å². The van der Waals surface area contributed by atoms with Crippen molar-refractivity contribution in [2.75, 3.05) is 26.2 Å². The second-order valence-corrected chi connectivity index (χ2v) is 7.20. The fourth-order valence-electron chi connectivity index (χ4n) is 3.89. The van der Waals surface area contributed by atoms with Gasteiger partial charge in [-0.3, -0.25) is 9.69 Å². The average Bonchev–Trinajstić information content (AvgIpc) is 3.02. The molecular formula is C21H31N3O. The number of nitrogens with zero attached hydrogens (tertiary/aromatic N) is 2. The summed E-state index contributed by atoms with van der Waals surface area (Å²) in [6.45, 7) is 10.7. The summed E-state index contributed by atoms with van der Waals surface area (Å²) in [5.74, 6) is 0.957. The lowest BCUT2D eigenvalue weighted by molar-refractivity contribution is -0.133. The van der Waals surface area contributed by atoms with Gasteiger partial charge < -0.3 is 9.88 Å². The zero-order valence-corrected chi connectivity index (χ0v) is 15.8. The van der Waals surface area contributed by atoms with Crippen LogP contribution >= 0.6 is 0 Å². The zero-order valence-electron chi connectivity index (χ0n) is 15.8. The van der Waals surface area contributed by atoms with E-state index in [9.17, 15) is 4.79 Å². The molecule has 1 aromatic carbocycles. The minimum Gasteiger partial charge on any atom is -0.358 e. The summed E-state index contributed by atoms with van der Waals surface area (Å²) in [5.41, 5.74) is 3.79. The van der Waals surface area contributed by atoms with Gasteiger partial charge in [0, 0.05) is 48.2 Å². The van der Waals surface area contributed by atoms with Gasteiger partial charge in [0.05, 0.1) is 6.54 Å². The van der Waals surface area contributed by atoms with E-state index in [-0.39, 0.29) is 5.91 Å². The summed E-state index contributed by atoms with van der Waals surface area (Å²) in [6, 6.07) is 8.41. The minimum atomic E-state index is 0.267. The van der Waals surface area contributed by atoms with Gasteiger partial charge in [-0.05, 0) is 18.5 Å². The molecule has 0 radical (unpaired) electrons. The van der Waals surface area contributed by atoms with Crippen molar-refractivity contribution in [2.24, 2.45) is 5.92 Å². The number of aromatic nitrogens is 1. The molecule has 1 amide bonds. The smallest absolute Gasteiger partial charge is 0.237 e. The number of hydrogen-bond donors (Lipinski definition) is 1. The fourth-order valence-corrected chi connectivity index (χ4v) is 3.89. The molecule has 0 saturated heterocycles. The number of para-hydroxylation sites is 1. The molecule has 0 saturated carbocycles. The van der Waals surface area contributed by atoms with Crippen LogP contribution in [0.15, 0.2) is 24.3 Å². The average molecular weight is 341 g/mol. The molecule has 136 valence electrons. The lowest BCUT2D eigenvalue weighted by Gasteiger charge is -2.31. The van der Waals surface area contributed by atoms with Crippen LogP contribution in [0.2, 0.25) is 0 Å². The first-order chi connectivity index (χ1) is 12.2. The summed E-state index contributed by atoms with van der Waals surface area (Å²) in [7, 11) is 0. The molecule has 3 rings (SSSR count). The predicted octanol–water partition coefficient (Wildman–Crippen LogP) is 3.81. The van der Waals surface area contributed by atoms with Crippen LogP contribution in [-0.4, -0.2) is 46.9 Å². The molecular weight excluding hydrogens is 310 g/mol. The number of carbonyl (C=O) groups excluding carboxylic acids is 1. The molecule has 1 aliphatic heterocycles. The number of fused-ring (bicyclic) bond motifs is 3. The third kappa shape index (κ3) is 3.90. The molecule has 25 heavy (non-hydrogen) atoms. The lowest BCUT2D eigenvalue weighted by atomic mass is 10.0. The normalized spacial score (nSPS) is 14.5. The third-order valence-electron chi connectivity index (χ3n) is 5.71. The number of benzene rings is 1. The van der Waals surface area contributed by atoms with Crippen LogP contribution in [0.3, 0.4) is 0 Å². The van der Waals surface area contributed by atoms with Gasteiger partial charge in [-0.15, -0.1) is 0 Å². The maximum absolute atomic E-state index is 12.9. The Labute approximate surface area is 151 Å². The molecule has 0 unspecified atom stereocenters. The molecule has 1 aliphatic rings. The van der Waals surface area contributed by atoms with E-state index in [2.05, 4.69) is 54.9 Å². The molecule has 0 fully saturated rings. The quantitative estimate of drug-likeness (QED) is 0.832. The van der Waals surface area contributed by atoms with Crippen LogP contribution in [0.25, 0.3) is 10.9 Å². The van der Waals surface area contributed by atoms with Gasteiger partial charge in [0.25, 0.3) is 0 Å². The van der Waals surface area contributed by atoms with Crippen molar-refractivity contribution in [3.8, 4) is 0 Å². The Morgan fingerprint density at radius 2 is 2.00 bits per heavy atom. The fraction of sp³-hybridized carbons (Fsp3) is 0.571. The maximum atomic E-state index is 12.9. The van der Waals surface area contributed by atoms with E-state index >= 15 is 0 Å². The number of amides is 1. The van der Waals surface area contributed by atoms with Crippen LogP contribution in [0, 0.1) is 5.92 Å². The third-order valence-corrected chi connectivity index (χ3v) is 5.71. The highest BCUT2D eigenvalue weighted by Gasteiger charge is 2.25. The van der Waals surface area contributed by atoms with E-state index in [1.807, 2.05) is 4.90 Å². The largest absolute Gasteiger partial charge is 0.358 e. The number of nitrogens with one attached hydrogen (secondary N) is 1. The molecule has 2 heterocycles. The summed E-state index contributed by atoms with van der Waals surface area (Å²) >= 11 is 0. The Morgan fingerprint density at radius 1 is 1.24 bits per heavy atom. The first-order valence-corrected chi connectivity index (χ1v) is 9.74. The van der Waals surface area contributed by atoms with Crippen molar-refractivity contribution in [2.45, 2.75) is 46.6 Å². The van der Waals surface area contributed by atoms with E-state index in [0.717, 1.165) is 32.6 Å². The molecule has 2 aromatic rings. The number of aromatic amines is 1. The monoisotopic (exact) mass is 341 g/mol. The van der Waals surface area contributed by atoms with Gasteiger partial charge in [0.15, 0.2) is 0 Å². The van der Waals surface area contributed by atoms with Gasteiger partial charge in [-0.25, -0.2) is 0 Å². The first kappa shape index (κ1) is 18.0. The molecule has 0 spiro atoms. The van der Waals surface area contributed by atoms with Crippen LogP contribution in [0.5, 0.6) is 0 Å². The Bertz CT molecular complexity index is 717. The topological polar surface area (TPSA) is 39.3 Å². The molecule has 4 nitrogen and oxygen atoms in total. The molecule has 0 bridgehead atoms. The van der Waals surface area contributed by atoms with Crippen LogP contribution in [0.4, 0.5) is 0 Å². The second kappa shape index (κ2) is 8.05. The number of hydrogen-bond acceptors (Lipinski definition) is 2. The van der Waals surface area contributed by atoms with E-state index < -0.39 is 0 Å². The predicted molar refractivity (Wildman–Crippen MR) is 104 cm³/mol. The van der Waals surface area contributed by atoms with Crippen LogP contribution < -0.4 is 0 Å². The van der Waals surface area contributed by atoms with Crippen molar-refractivity contribution in [3.05, 3.63) is 35.5 Å². The Kier molecular flexibility index (Phi) is 5.79. The number of H-pyrrole nitrogens is 1. The van der Waals surface area contributed by atoms with Gasteiger partial charge in [0.1, 0.15) is 0 Å². The SMILES string of the molecule is CCC(CC)CN(CC)CC(=O)N1CCc2[nH]c3ccccc3c2C1. The maximum Gasteiger partial charge on any atom is 0.237 e. The molecule has 1 N–H and O–H groups in total. The van der Waals surface area contributed by atoms with Crippen LogP contribution in [0.1, 0.15) is 44.9 Å². The molecule has 0 atom stereocenters. The van der Waals surface area contributed by atoms with Gasteiger partial charge in [-0.2, -0.15) is 0 Å². The zero-order chi connectivity index (χ0) is 17.8. The Morgan fingerprint density at radius 3 is 2.72 bits per heavy atom. The Hall–Kier alpha value is -1.81. The molecule has 4 heteroatoms. The summed E-state index contributed by atoms with van der Waals surface area (Å²) < 4.78 is 0. The Balaban J connectivity index is 1.67. The summed E-state index contributed by atoms with van der Waals surface area (Å²) in [5, 5.41) is 1.26. The van der Waals surface area contributed by atoms with Gasteiger partial charge in [0.2, 0.25) is 5.91 Å². The van der Waals surface area contributed by atoms with E-state index in [4.69, 9.17) is 0 Å². The first-order valence-electron chi connectivity index (χ1n) is 9.74. The van der Waals surface area contributed by atoms with Crippen molar-refractivity contribution in [1.29, 1.82) is 0 Å². The van der Waals surface area contributed by atoms with Crippen molar-refractivity contribution < 1.29 is 4.79 Å². The van der Waals surface area contributed by atoms with Crippen LogP contribution in [-0.2, 0) is 17.8 Å². The van der Waals surface area contributed by atoms with Crippen molar-refractivity contribution in [1.82, 2.24) is 14.8 Å². The summed E-state index contributed by atoms with van der Waals surface area (Å²) in [4.78, 5) is 20.7.